The molecule has 0 spiro atoms. The summed E-state index contributed by atoms with van der Waals surface area (Å²) in [6, 6.07) is 7.74. The molecule has 0 unspecified atom stereocenters. The van der Waals surface area contributed by atoms with Crippen molar-refractivity contribution in [2.45, 2.75) is 13.3 Å². The molecule has 0 atom stereocenters. The van der Waals surface area contributed by atoms with Crippen molar-refractivity contribution in [2.75, 3.05) is 0 Å². The molecule has 0 N–H and O–H groups in total. The van der Waals surface area contributed by atoms with Crippen molar-refractivity contribution in [1.82, 2.24) is 4.57 Å². The first-order valence-corrected chi connectivity index (χ1v) is 5.97. The molecule has 0 saturated heterocycles. The lowest BCUT2D eigenvalue weighted by molar-refractivity contribution is -0.674. The fraction of sp³-hybridized carbons (Fsp3) is 0.286. The summed E-state index contributed by atoms with van der Waals surface area (Å²) in [6.07, 6.45) is 4.66. The molecule has 0 saturated carbocycles. The number of aromatic nitrogens is 2. The first kappa shape index (κ1) is 12.4. The van der Waals surface area contributed by atoms with E-state index in [2.05, 4.69) is 11.9 Å². The van der Waals surface area contributed by atoms with E-state index in [4.69, 9.17) is 0 Å². The summed E-state index contributed by atoms with van der Waals surface area (Å²) in [4.78, 5) is 4.12. The van der Waals surface area contributed by atoms with Crippen LogP contribution in [0.3, 0.4) is 0 Å². The second-order valence-electron chi connectivity index (χ2n) is 4.28. The molecular formula is C14H17N3O. The first-order valence-electron chi connectivity index (χ1n) is 5.97. The molecule has 0 aliphatic rings. The summed E-state index contributed by atoms with van der Waals surface area (Å²) in [5.41, 5.74) is 1.93. The number of nitrogens with zero attached hydrogens (tertiary/aromatic N) is 3. The van der Waals surface area contributed by atoms with E-state index >= 15 is 0 Å². The topological polar surface area (TPSA) is 44.2 Å². The predicted octanol–water partition coefficient (Wildman–Crippen LogP) is 0.851. The van der Waals surface area contributed by atoms with Crippen molar-refractivity contribution in [2.24, 2.45) is 19.1 Å². The molecule has 18 heavy (non-hydrogen) atoms. The molecule has 4 nitrogen and oxygen atoms in total. The van der Waals surface area contributed by atoms with Crippen LogP contribution in [-0.2, 0) is 20.5 Å². The third-order valence-corrected chi connectivity index (χ3v) is 2.95. The summed E-state index contributed by atoms with van der Waals surface area (Å²) in [6.45, 7) is 2.10. The average Bonchev–Trinajstić information content (AvgIpc) is 2.70. The largest absolute Gasteiger partial charge is 0.853 e. The van der Waals surface area contributed by atoms with Gasteiger partial charge in [0.15, 0.2) is 0 Å². The highest BCUT2D eigenvalue weighted by molar-refractivity contribution is 5.87. The van der Waals surface area contributed by atoms with E-state index in [0.717, 1.165) is 6.42 Å². The number of hydrogen-bond donors (Lipinski definition) is 0. The highest BCUT2D eigenvalue weighted by Gasteiger charge is 2.10. The maximum atomic E-state index is 12.1. The van der Waals surface area contributed by atoms with Crippen LogP contribution in [0.15, 0.2) is 41.7 Å². The smallest absolute Gasteiger partial charge is 0.292 e. The van der Waals surface area contributed by atoms with E-state index in [-0.39, 0.29) is 5.90 Å². The minimum atomic E-state index is -0.228. The molecule has 0 radical (unpaired) electrons. The Morgan fingerprint density at radius 1 is 1.33 bits per heavy atom. The van der Waals surface area contributed by atoms with E-state index in [1.807, 2.05) is 50.8 Å². The van der Waals surface area contributed by atoms with Gasteiger partial charge in [0.2, 0.25) is 0 Å². The van der Waals surface area contributed by atoms with Crippen LogP contribution in [0.1, 0.15) is 18.3 Å². The Morgan fingerprint density at radius 3 is 2.50 bits per heavy atom. The van der Waals surface area contributed by atoms with Crippen molar-refractivity contribution in [3.8, 4) is 0 Å². The van der Waals surface area contributed by atoms with Gasteiger partial charge in [-0.15, -0.1) is 0 Å². The molecule has 4 heteroatoms. The van der Waals surface area contributed by atoms with Gasteiger partial charge in [-0.25, -0.2) is 9.13 Å². The van der Waals surface area contributed by atoms with Gasteiger partial charge in [-0.05, 0) is 24.1 Å². The fourth-order valence-electron chi connectivity index (χ4n) is 1.87. The molecule has 1 heterocycles. The van der Waals surface area contributed by atoms with Crippen LogP contribution in [0.5, 0.6) is 0 Å². The minimum absolute atomic E-state index is 0.228. The number of hydrogen-bond acceptors (Lipinski definition) is 2. The van der Waals surface area contributed by atoms with Crippen molar-refractivity contribution in [1.29, 1.82) is 0 Å². The van der Waals surface area contributed by atoms with Gasteiger partial charge in [0.05, 0.1) is 25.7 Å². The second kappa shape index (κ2) is 5.04. The van der Waals surface area contributed by atoms with Gasteiger partial charge < -0.3 is 5.11 Å². The van der Waals surface area contributed by atoms with Crippen LogP contribution in [0.4, 0.5) is 5.69 Å². The highest BCUT2D eigenvalue weighted by Crippen LogP contribution is 2.13. The molecule has 0 amide bonds. The van der Waals surface area contributed by atoms with Crippen LogP contribution < -0.4 is 9.67 Å². The van der Waals surface area contributed by atoms with Crippen LogP contribution >= 0.6 is 0 Å². The predicted molar refractivity (Wildman–Crippen MR) is 68.6 cm³/mol. The molecule has 0 aliphatic carbocycles. The van der Waals surface area contributed by atoms with Gasteiger partial charge in [-0.3, -0.25) is 4.99 Å². The monoisotopic (exact) mass is 243 g/mol. The number of aryl methyl sites for hydroxylation is 3. The quantitative estimate of drug-likeness (QED) is 0.448. The van der Waals surface area contributed by atoms with E-state index < -0.39 is 0 Å². The first-order chi connectivity index (χ1) is 8.61. The Morgan fingerprint density at radius 2 is 2.00 bits per heavy atom. The Balaban J connectivity index is 2.32. The van der Waals surface area contributed by atoms with E-state index in [1.165, 1.54) is 5.56 Å². The van der Waals surface area contributed by atoms with Crippen molar-refractivity contribution in [3.63, 3.8) is 0 Å². The zero-order chi connectivity index (χ0) is 13.1. The molecule has 0 fully saturated rings. The molecule has 2 rings (SSSR count). The Bertz CT molecular complexity index is 548. The number of benzene rings is 1. The van der Waals surface area contributed by atoms with Crippen LogP contribution in [0.2, 0.25) is 0 Å². The Kier molecular flexibility index (Phi) is 3.46. The van der Waals surface area contributed by atoms with Crippen molar-refractivity contribution < 1.29 is 9.67 Å². The Hall–Kier alpha value is -2.10. The minimum Gasteiger partial charge on any atom is -0.853 e. The Labute approximate surface area is 107 Å². The van der Waals surface area contributed by atoms with Gasteiger partial charge in [0, 0.05) is 0 Å². The maximum absolute atomic E-state index is 12.1. The number of imidazole rings is 1. The number of rotatable bonds is 3. The summed E-state index contributed by atoms with van der Waals surface area (Å²) in [5.74, 6) is 0.337. The van der Waals surface area contributed by atoms with Crippen molar-refractivity contribution >= 4 is 11.6 Å². The lowest BCUT2D eigenvalue weighted by Gasteiger charge is -2.07. The van der Waals surface area contributed by atoms with E-state index in [1.54, 1.807) is 9.13 Å². The van der Waals surface area contributed by atoms with Crippen LogP contribution in [-0.4, -0.2) is 10.5 Å². The third-order valence-electron chi connectivity index (χ3n) is 2.95. The average molecular weight is 243 g/mol. The van der Waals surface area contributed by atoms with Gasteiger partial charge in [0.25, 0.3) is 5.82 Å². The zero-order valence-corrected chi connectivity index (χ0v) is 10.9. The normalized spacial score (nSPS) is 11.8. The summed E-state index contributed by atoms with van der Waals surface area (Å²) in [7, 11) is 3.67. The molecule has 2 aromatic rings. The summed E-state index contributed by atoms with van der Waals surface area (Å²) < 4.78 is 3.54. The standard InChI is InChI=1S/C14H17N3O/c1-4-11-5-7-12(8-6-11)15-13(18)14-16(2)9-10-17(14)3/h5-10H,4H2,1-3H3. The van der Waals surface area contributed by atoms with Gasteiger partial charge >= 0.3 is 0 Å². The molecule has 1 aromatic heterocycles. The van der Waals surface area contributed by atoms with E-state index in [0.29, 0.717) is 11.5 Å². The lowest BCUT2D eigenvalue weighted by Crippen LogP contribution is -2.39. The molecule has 0 aliphatic heterocycles. The lowest BCUT2D eigenvalue weighted by atomic mass is 10.1. The van der Waals surface area contributed by atoms with E-state index in [9.17, 15) is 5.11 Å². The van der Waals surface area contributed by atoms with Gasteiger partial charge in [-0.2, -0.15) is 0 Å². The third kappa shape index (κ3) is 2.42. The fourth-order valence-corrected chi connectivity index (χ4v) is 1.87. The molecule has 94 valence electrons. The summed E-state index contributed by atoms with van der Waals surface area (Å²) >= 11 is 0. The number of aliphatic imine (C=N–C) groups is 1. The molecule has 0 bridgehead atoms. The summed E-state index contributed by atoms with van der Waals surface area (Å²) in [5, 5.41) is 12.1. The van der Waals surface area contributed by atoms with Gasteiger partial charge in [-0.1, -0.05) is 19.1 Å². The zero-order valence-electron chi connectivity index (χ0n) is 10.9. The van der Waals surface area contributed by atoms with Gasteiger partial charge in [0.1, 0.15) is 12.4 Å². The molecular weight excluding hydrogens is 226 g/mol. The second-order valence-corrected chi connectivity index (χ2v) is 4.28. The maximum Gasteiger partial charge on any atom is 0.292 e. The van der Waals surface area contributed by atoms with Crippen molar-refractivity contribution in [3.05, 3.63) is 48.0 Å². The molecule has 1 aromatic carbocycles. The highest BCUT2D eigenvalue weighted by atomic mass is 16.3. The van der Waals surface area contributed by atoms with Crippen LogP contribution in [0, 0.1) is 0 Å². The SMILES string of the molecule is CCc1ccc(N=C([O-])c2n(C)cc[n+]2C)cc1. The van der Waals surface area contributed by atoms with Crippen LogP contribution in [0.25, 0.3) is 0 Å².